The first kappa shape index (κ1) is 50.0. The van der Waals surface area contributed by atoms with Crippen molar-refractivity contribution in [2.24, 2.45) is 0 Å². The molecule has 2 heteroatoms. The summed E-state index contributed by atoms with van der Waals surface area (Å²) in [6.45, 7) is 40.6. The van der Waals surface area contributed by atoms with Gasteiger partial charge in [-0.25, -0.2) is 0 Å². The van der Waals surface area contributed by atoms with Crippen LogP contribution in [0, 0.1) is 0 Å². The lowest BCUT2D eigenvalue weighted by Gasteiger charge is -2.36. The highest BCUT2D eigenvalue weighted by Gasteiger charge is 2.58. The van der Waals surface area contributed by atoms with Gasteiger partial charge in [-0.1, -0.05) is 168 Å². The third kappa shape index (κ3) is 6.77. The normalized spacial score (nSPS) is 22.1. The summed E-state index contributed by atoms with van der Waals surface area (Å²) in [5.41, 5.74) is 17.2. The van der Waals surface area contributed by atoms with E-state index in [0.29, 0.717) is 43.3 Å². The van der Waals surface area contributed by atoms with Crippen molar-refractivity contribution < 1.29 is 0 Å². The van der Waals surface area contributed by atoms with E-state index in [1.165, 1.54) is 128 Å². The SMILES string of the molecule is CCC1(CC)CC(CC)(CC)c2c1cc1c(c2[SiH2]c2ccc([SiH2]c3c4c(cc5c3C(CC)(CC)CC5(CC)CC)C(CC)(CC)CC4(CC)CC)cc2)C(CC)(CC)CC1(CC)CC. The first-order valence-corrected chi connectivity index (χ1v) is 31.0. The van der Waals surface area contributed by atoms with Crippen LogP contribution in [0.1, 0.15) is 284 Å². The number of rotatable bonds is 20. The second-order valence-electron chi connectivity index (χ2n) is 23.2. The Kier molecular flexibility index (Phi) is 14.2. The minimum Gasteiger partial charge on any atom is -0.0645 e. The summed E-state index contributed by atoms with van der Waals surface area (Å²) >= 11 is 0. The molecule has 0 fully saturated rings. The summed E-state index contributed by atoms with van der Waals surface area (Å²) in [5, 5.41) is 7.23. The quantitative estimate of drug-likeness (QED) is 0.0992. The molecule has 4 aliphatic rings. The van der Waals surface area contributed by atoms with Gasteiger partial charge in [-0.15, -0.1) is 0 Å². The average Bonchev–Trinajstić information content (AvgIpc) is 4.02. The maximum Gasteiger partial charge on any atom is 0.0883 e. The van der Waals surface area contributed by atoms with E-state index in [9.17, 15) is 0 Å². The third-order valence-electron chi connectivity index (χ3n) is 22.6. The van der Waals surface area contributed by atoms with Gasteiger partial charge in [-0.3, -0.25) is 0 Å². The molecule has 0 aliphatic heterocycles. The van der Waals surface area contributed by atoms with Gasteiger partial charge in [0.15, 0.2) is 0 Å². The molecule has 0 unspecified atom stereocenters. The van der Waals surface area contributed by atoms with E-state index in [1.54, 1.807) is 10.4 Å². The fourth-order valence-electron chi connectivity index (χ4n) is 17.4. The van der Waals surface area contributed by atoms with E-state index in [-0.39, 0.29) is 0 Å². The summed E-state index contributed by atoms with van der Waals surface area (Å²) in [4.78, 5) is 0. The lowest BCUT2D eigenvalue weighted by Crippen LogP contribution is -2.43. The van der Waals surface area contributed by atoms with Gasteiger partial charge in [0.25, 0.3) is 0 Å². The van der Waals surface area contributed by atoms with Gasteiger partial charge in [-0.2, -0.15) is 0 Å². The second kappa shape index (κ2) is 18.2. The van der Waals surface area contributed by atoms with Crippen LogP contribution >= 0.6 is 0 Å². The maximum atomic E-state index is 2.91. The summed E-state index contributed by atoms with van der Waals surface area (Å²) in [5.74, 6) is 0. The molecule has 0 saturated carbocycles. The molecule has 0 radical (unpaired) electrons. The fourth-order valence-corrected chi connectivity index (χ4v) is 22.1. The van der Waals surface area contributed by atoms with Crippen LogP contribution in [0.4, 0.5) is 0 Å². The molecule has 4 aliphatic carbocycles. The molecule has 3 aromatic rings. The number of hydrogen-bond donors (Lipinski definition) is 0. The van der Waals surface area contributed by atoms with Crippen molar-refractivity contribution in [3.8, 4) is 0 Å². The van der Waals surface area contributed by atoms with Crippen LogP contribution in [-0.2, 0) is 43.3 Å². The molecule has 0 spiro atoms. The van der Waals surface area contributed by atoms with Gasteiger partial charge in [0.2, 0.25) is 0 Å². The zero-order valence-electron chi connectivity index (χ0n) is 45.0. The van der Waals surface area contributed by atoms with Crippen molar-refractivity contribution in [2.45, 2.75) is 283 Å². The van der Waals surface area contributed by atoms with Gasteiger partial charge < -0.3 is 0 Å². The van der Waals surface area contributed by atoms with Crippen molar-refractivity contribution in [3.63, 3.8) is 0 Å². The van der Waals surface area contributed by atoms with Crippen molar-refractivity contribution in [2.75, 3.05) is 0 Å². The molecule has 64 heavy (non-hydrogen) atoms. The highest BCUT2D eigenvalue weighted by atomic mass is 28.2. The Bertz CT molecular complexity index is 1840. The molecule has 7 rings (SSSR count). The molecule has 0 N–H and O–H groups in total. The molecule has 0 amide bonds. The monoisotopic (exact) mass is 899 g/mol. The van der Waals surface area contributed by atoms with Crippen LogP contribution in [-0.4, -0.2) is 19.0 Å². The van der Waals surface area contributed by atoms with Crippen molar-refractivity contribution in [1.29, 1.82) is 0 Å². The molecule has 0 aromatic heterocycles. The minimum atomic E-state index is -0.761. The Balaban J connectivity index is 1.45. The lowest BCUT2D eigenvalue weighted by molar-refractivity contribution is 0.279. The average molecular weight is 900 g/mol. The molecule has 0 saturated heterocycles. The minimum absolute atomic E-state index is 0.297. The highest BCUT2D eigenvalue weighted by Crippen LogP contribution is 2.64. The van der Waals surface area contributed by atoms with Crippen LogP contribution in [0.15, 0.2) is 36.4 Å². The molecule has 3 aromatic carbocycles. The zero-order valence-corrected chi connectivity index (χ0v) is 47.8. The van der Waals surface area contributed by atoms with E-state index in [0.717, 1.165) is 0 Å². The predicted molar refractivity (Wildman–Crippen MR) is 291 cm³/mol. The van der Waals surface area contributed by atoms with Gasteiger partial charge in [0.05, 0.1) is 19.0 Å². The predicted octanol–water partition coefficient (Wildman–Crippen LogP) is 14.0. The number of fused-ring (bicyclic) bond motifs is 4. The van der Waals surface area contributed by atoms with Gasteiger partial charge in [0, 0.05) is 0 Å². The van der Waals surface area contributed by atoms with Crippen molar-refractivity contribution in [3.05, 3.63) is 80.9 Å². The van der Waals surface area contributed by atoms with Gasteiger partial charge in [-0.05, 0) is 216 Å². The van der Waals surface area contributed by atoms with Crippen molar-refractivity contribution >= 4 is 39.8 Å². The molecule has 354 valence electrons. The first-order chi connectivity index (χ1) is 30.7. The fraction of sp³-hybridized carbons (Fsp3) is 0.710. The van der Waals surface area contributed by atoms with Gasteiger partial charge in [0.1, 0.15) is 0 Å². The summed E-state index contributed by atoms with van der Waals surface area (Å²) in [7, 11) is -1.52. The Hall–Kier alpha value is -1.91. The van der Waals surface area contributed by atoms with E-state index in [4.69, 9.17) is 0 Å². The van der Waals surface area contributed by atoms with Crippen LogP contribution in [0.2, 0.25) is 0 Å². The molecule has 0 bridgehead atoms. The van der Waals surface area contributed by atoms with Crippen LogP contribution in [0.5, 0.6) is 0 Å². The molecule has 0 atom stereocenters. The second-order valence-corrected chi connectivity index (χ2v) is 26.9. The maximum absolute atomic E-state index is 2.91. The van der Waals surface area contributed by atoms with E-state index in [1.807, 2.05) is 54.9 Å². The Morgan fingerprint density at radius 3 is 0.609 bits per heavy atom. The smallest absolute Gasteiger partial charge is 0.0645 e. The Morgan fingerprint density at radius 2 is 0.453 bits per heavy atom. The van der Waals surface area contributed by atoms with Crippen LogP contribution in [0.3, 0.4) is 0 Å². The summed E-state index contributed by atoms with van der Waals surface area (Å²) in [6, 6.07) is 16.6. The Labute approximate surface area is 401 Å². The van der Waals surface area contributed by atoms with E-state index < -0.39 is 19.0 Å². The third-order valence-corrected chi connectivity index (χ3v) is 26.5. The molecular weight excluding hydrogens is 801 g/mol. The summed E-state index contributed by atoms with van der Waals surface area (Å²) < 4.78 is 0. The number of benzene rings is 3. The summed E-state index contributed by atoms with van der Waals surface area (Å²) in [6.07, 6.45) is 25.8. The topological polar surface area (TPSA) is 0 Å². The molecule has 0 heterocycles. The Morgan fingerprint density at radius 1 is 0.281 bits per heavy atom. The molecule has 0 nitrogen and oxygen atoms in total. The lowest BCUT2D eigenvalue weighted by atomic mass is 9.70. The first-order valence-electron chi connectivity index (χ1n) is 28.2. The number of hydrogen-bond acceptors (Lipinski definition) is 0. The van der Waals surface area contributed by atoms with E-state index >= 15 is 0 Å². The van der Waals surface area contributed by atoms with Crippen LogP contribution < -0.4 is 20.7 Å². The largest absolute Gasteiger partial charge is 0.0883 e. The standard InChI is InChI=1S/C62H98Si2/c1-17-55(18-2)39-59(25-9,26-10)49-45(55)37-46-50(60(27-11,28-12)40-56(46,19-3)20-4)53(49)63-43-33-35-44(36-34-43)64-54-51-47(57(21-5,22-6)41-61(51,29-13)30-14)38-48-52(54)62(31-15,32-16)42-58(48,23-7)24-8/h33-38H,17-32,39-42,63-64H2,1-16H3. The molecular formula is C62H98Si2. The zero-order chi connectivity index (χ0) is 46.7. The van der Waals surface area contributed by atoms with Gasteiger partial charge >= 0.3 is 0 Å². The van der Waals surface area contributed by atoms with Crippen molar-refractivity contribution in [1.82, 2.24) is 0 Å². The van der Waals surface area contributed by atoms with E-state index in [2.05, 4.69) is 147 Å². The van der Waals surface area contributed by atoms with Crippen LogP contribution in [0.25, 0.3) is 0 Å². The highest BCUT2D eigenvalue weighted by molar-refractivity contribution is 6.70.